The molecule has 2 amide bonds. The van der Waals surface area contributed by atoms with E-state index in [4.69, 9.17) is 4.74 Å². The van der Waals surface area contributed by atoms with Crippen molar-refractivity contribution in [3.8, 4) is 5.75 Å². The molecule has 0 spiro atoms. The zero-order chi connectivity index (χ0) is 21.9. The van der Waals surface area contributed by atoms with E-state index in [1.807, 2.05) is 0 Å². The van der Waals surface area contributed by atoms with Crippen molar-refractivity contribution in [3.63, 3.8) is 0 Å². The first-order valence-corrected chi connectivity index (χ1v) is 10.3. The molecule has 30 heavy (non-hydrogen) atoms. The Hall–Kier alpha value is -1.66. The number of carbonyl (C=O) groups excluding carboxylic acids is 3. The number of sulfone groups is 1. The topological polar surface area (TPSA) is 144 Å². The third-order valence-corrected chi connectivity index (χ3v) is 8.56. The number of rotatable bonds is 5. The van der Waals surface area contributed by atoms with Gasteiger partial charge in [-0.2, -0.15) is 0 Å². The first kappa shape index (κ1) is 24.6. The van der Waals surface area contributed by atoms with Crippen molar-refractivity contribution < 1.29 is 67.3 Å². The molecule has 12 heteroatoms. The molecule has 3 rings (SSSR count). The molecule has 0 bridgehead atoms. The molecule has 0 saturated carbocycles. The number of benzene rings is 1. The fourth-order valence-electron chi connectivity index (χ4n) is 3.90. The minimum atomic E-state index is -4.18. The molecule has 1 aromatic carbocycles. The number of β-lactam (4-membered cyclic amide) rings is 1. The molecule has 2 saturated heterocycles. The van der Waals surface area contributed by atoms with E-state index in [1.165, 1.54) is 28.0 Å². The predicted molar refractivity (Wildman–Crippen MR) is 98.3 cm³/mol. The van der Waals surface area contributed by atoms with Crippen LogP contribution < -0.4 is 44.3 Å². The van der Waals surface area contributed by atoms with Gasteiger partial charge in [0.1, 0.15) is 23.1 Å². The summed E-state index contributed by atoms with van der Waals surface area (Å²) in [5.41, 5.74) is 0.390. The van der Waals surface area contributed by atoms with E-state index < -0.39 is 55.8 Å². The number of amides is 2. The van der Waals surface area contributed by atoms with E-state index in [1.54, 1.807) is 24.3 Å². The summed E-state index contributed by atoms with van der Waals surface area (Å²) in [6.45, 7) is 2.37. The van der Waals surface area contributed by atoms with Crippen molar-refractivity contribution in [3.05, 3.63) is 24.3 Å². The molecule has 1 aromatic rings. The number of carbonyl (C=O) groups is 3. The number of hydrogen-bond donors (Lipinski definition) is 1. The molecule has 2 aliphatic heterocycles. The van der Waals surface area contributed by atoms with Gasteiger partial charge in [-0.3, -0.25) is 9.59 Å². The normalized spacial score (nSPS) is 26.6. The predicted octanol–water partition coefficient (Wildman–Crippen LogP) is -4.87. The molecule has 0 aromatic heterocycles. The van der Waals surface area contributed by atoms with E-state index in [0.29, 0.717) is 16.3 Å². The number of carboxylic acids is 1. The summed E-state index contributed by atoms with van der Waals surface area (Å²) >= 11 is 0. The van der Waals surface area contributed by atoms with Crippen LogP contribution in [-0.2, 0) is 24.2 Å². The Labute approximate surface area is 196 Å². The van der Waals surface area contributed by atoms with Crippen LogP contribution >= 0.6 is 0 Å². The number of methoxy groups -OCH3 is 1. The van der Waals surface area contributed by atoms with Crippen LogP contribution in [-0.4, -0.2) is 72.6 Å². The largest absolute Gasteiger partial charge is 1.00 e. The van der Waals surface area contributed by atoms with Crippen molar-refractivity contribution in [2.75, 3.05) is 19.1 Å². The number of ether oxygens (including phenoxy) is 1. The zero-order valence-electron chi connectivity index (χ0n) is 17.2. The average molecular weight is 448 g/mol. The van der Waals surface area contributed by atoms with Crippen molar-refractivity contribution >= 4 is 33.3 Å². The summed E-state index contributed by atoms with van der Waals surface area (Å²) in [5.74, 6) is -4.55. The van der Waals surface area contributed by atoms with E-state index in [0.717, 1.165) is 4.90 Å². The van der Waals surface area contributed by atoms with Gasteiger partial charge in [-0.1, -0.05) is 0 Å². The van der Waals surface area contributed by atoms with Crippen LogP contribution in [0.3, 0.4) is 0 Å². The Morgan fingerprint density at radius 3 is 2.27 bits per heavy atom. The fourth-order valence-corrected chi connectivity index (χ4v) is 6.22. The Balaban J connectivity index is 0.00000320. The third-order valence-electron chi connectivity index (χ3n) is 5.72. The van der Waals surface area contributed by atoms with Gasteiger partial charge in [-0.05, 0) is 38.1 Å². The molecule has 4 atom stereocenters. The van der Waals surface area contributed by atoms with Crippen LogP contribution in [0.4, 0.5) is 5.69 Å². The van der Waals surface area contributed by atoms with Crippen LogP contribution in [0.15, 0.2) is 24.3 Å². The summed E-state index contributed by atoms with van der Waals surface area (Å²) in [4.78, 5) is 38.5. The van der Waals surface area contributed by atoms with E-state index in [2.05, 4.69) is 0 Å². The van der Waals surface area contributed by atoms with Crippen LogP contribution in [0.2, 0.25) is 0 Å². The number of fused-ring (bicyclic) bond motifs is 1. The number of aliphatic hydroxyl groups excluding tert-OH is 1. The molecule has 1 N–H and O–H groups in total. The average Bonchev–Trinajstić information content (AvgIpc) is 2.81. The fraction of sp³-hybridized carbons (Fsp3) is 0.500. The molecule has 2 fully saturated rings. The van der Waals surface area contributed by atoms with Crippen molar-refractivity contribution in [1.29, 1.82) is 0 Å². The van der Waals surface area contributed by atoms with Crippen LogP contribution in [0, 0.1) is 5.92 Å². The van der Waals surface area contributed by atoms with E-state index in [-0.39, 0.29) is 29.6 Å². The standard InChI is InChI=1S/C18H22N2O8S.Na/c1-18(2)13(17(24)25)20-14(22)11(16(20)29(18,26)27)12(21)15(23)19(3)9-5-7-10(28-4)8-6-9;/h5-8,11-13,16,21H,1-4H3,(H,24,25);/q;+1/p-1/t11-,12+,13+,16-;/m1./s1. The second-order valence-electron chi connectivity index (χ2n) is 7.57. The van der Waals surface area contributed by atoms with Gasteiger partial charge in [0.2, 0.25) is 5.91 Å². The molecule has 10 nitrogen and oxygen atoms in total. The Kier molecular flexibility index (Phi) is 6.66. The Morgan fingerprint density at radius 2 is 1.80 bits per heavy atom. The summed E-state index contributed by atoms with van der Waals surface area (Å²) in [7, 11) is -1.34. The van der Waals surface area contributed by atoms with Gasteiger partial charge in [0.25, 0.3) is 5.91 Å². The number of carboxylic acid groups (broad SMARTS) is 1. The second-order valence-corrected chi connectivity index (χ2v) is 10.2. The second kappa shape index (κ2) is 8.12. The number of nitrogens with zero attached hydrogens (tertiary/aromatic N) is 2. The number of aliphatic carboxylic acids is 1. The number of likely N-dealkylation sites (N-methyl/N-ethyl adjacent to an activating group) is 1. The van der Waals surface area contributed by atoms with E-state index >= 15 is 0 Å². The monoisotopic (exact) mass is 448 g/mol. The van der Waals surface area contributed by atoms with Gasteiger partial charge in [-0.15, -0.1) is 0 Å². The van der Waals surface area contributed by atoms with Gasteiger partial charge in [-0.25, -0.2) is 8.42 Å². The summed E-state index contributed by atoms with van der Waals surface area (Å²) in [6.07, 6.45) is -1.96. The summed E-state index contributed by atoms with van der Waals surface area (Å²) in [5, 5.41) is 20.4. The van der Waals surface area contributed by atoms with Crippen molar-refractivity contribution in [2.45, 2.75) is 36.1 Å². The molecule has 2 heterocycles. The molecular weight excluding hydrogens is 427 g/mol. The maximum absolute atomic E-state index is 12.8. The zero-order valence-corrected chi connectivity index (χ0v) is 20.0. The summed E-state index contributed by atoms with van der Waals surface area (Å²) < 4.78 is 28.9. The van der Waals surface area contributed by atoms with Crippen molar-refractivity contribution in [1.82, 2.24) is 4.90 Å². The molecule has 2 aliphatic rings. The Bertz CT molecular complexity index is 978. The van der Waals surface area contributed by atoms with Gasteiger partial charge in [0.15, 0.2) is 9.84 Å². The van der Waals surface area contributed by atoms with Gasteiger partial charge in [0, 0.05) is 12.7 Å². The number of aliphatic hydroxyl groups is 1. The quantitative estimate of drug-likeness (QED) is 0.349. The first-order chi connectivity index (χ1) is 13.4. The number of hydrogen-bond acceptors (Lipinski definition) is 8. The molecule has 0 aliphatic carbocycles. The first-order valence-electron chi connectivity index (χ1n) is 8.74. The maximum Gasteiger partial charge on any atom is 1.00 e. The van der Waals surface area contributed by atoms with Crippen molar-refractivity contribution in [2.24, 2.45) is 5.92 Å². The molecule has 158 valence electrons. The smallest absolute Gasteiger partial charge is 0.548 e. The Morgan fingerprint density at radius 1 is 1.27 bits per heavy atom. The minimum absolute atomic E-state index is 0. The molecule has 0 unspecified atom stereocenters. The number of anilines is 1. The molecule has 0 radical (unpaired) electrons. The van der Waals surface area contributed by atoms with Crippen LogP contribution in [0.25, 0.3) is 0 Å². The summed E-state index contributed by atoms with van der Waals surface area (Å²) in [6, 6.07) is 4.61. The molecular formula is C18H21N2NaO8S. The van der Waals surface area contributed by atoms with Crippen LogP contribution in [0.1, 0.15) is 13.8 Å². The minimum Gasteiger partial charge on any atom is -0.548 e. The van der Waals surface area contributed by atoms with E-state index in [9.17, 15) is 33.0 Å². The van der Waals surface area contributed by atoms with Gasteiger partial charge < -0.3 is 29.5 Å². The maximum atomic E-state index is 12.8. The SMILES string of the molecule is COc1ccc(N(C)C(=O)[C@@H](O)[C@@H]2C(=O)N3[C@@H](C(=O)[O-])C(C)(C)S(=O)(=O)[C@H]23)cc1.[Na+]. The third kappa shape index (κ3) is 3.32. The van der Waals surface area contributed by atoms with Gasteiger partial charge in [0.05, 0.1) is 23.9 Å². The van der Waals surface area contributed by atoms with Crippen LogP contribution in [0.5, 0.6) is 5.75 Å². The van der Waals surface area contributed by atoms with Gasteiger partial charge >= 0.3 is 29.6 Å².